The maximum Gasteiger partial charge on any atom is 0.332 e. The first kappa shape index (κ1) is 17.0. The van der Waals surface area contributed by atoms with E-state index >= 15 is 0 Å². The van der Waals surface area contributed by atoms with Crippen molar-refractivity contribution in [2.75, 3.05) is 31.2 Å². The van der Waals surface area contributed by atoms with Gasteiger partial charge in [0, 0.05) is 26.2 Å². The number of aromatic amines is 1. The number of ether oxygens (including phenoxy) is 1. The molecule has 146 valence electrons. The molecule has 0 unspecified atom stereocenters. The molecule has 3 heterocycles. The van der Waals surface area contributed by atoms with Crippen LogP contribution in [0.15, 0.2) is 9.59 Å². The number of H-pyrrole nitrogens is 1. The van der Waals surface area contributed by atoms with Gasteiger partial charge in [-0.25, -0.2) is 4.79 Å². The molecule has 0 amide bonds. The van der Waals surface area contributed by atoms with E-state index in [1.54, 1.807) is 4.57 Å². The summed E-state index contributed by atoms with van der Waals surface area (Å²) < 4.78 is 8.56. The van der Waals surface area contributed by atoms with Crippen molar-refractivity contribution < 1.29 is 4.74 Å². The maximum atomic E-state index is 13.1. The van der Waals surface area contributed by atoms with Crippen LogP contribution in [0, 0.1) is 11.8 Å². The summed E-state index contributed by atoms with van der Waals surface area (Å²) in [5.74, 6) is 2.07. The largest absolute Gasteiger partial charge is 0.378 e. The Morgan fingerprint density at radius 3 is 2.22 bits per heavy atom. The molecular weight excluding hydrogens is 346 g/mol. The molecule has 2 aromatic heterocycles. The van der Waals surface area contributed by atoms with Gasteiger partial charge in [0.15, 0.2) is 11.2 Å². The summed E-state index contributed by atoms with van der Waals surface area (Å²) >= 11 is 0. The second-order valence-corrected chi connectivity index (χ2v) is 8.21. The van der Waals surface area contributed by atoms with Crippen molar-refractivity contribution in [2.24, 2.45) is 11.8 Å². The van der Waals surface area contributed by atoms with E-state index in [9.17, 15) is 9.59 Å². The molecule has 1 N–H and O–H groups in total. The molecule has 1 saturated heterocycles. The Morgan fingerprint density at radius 2 is 1.59 bits per heavy atom. The lowest BCUT2D eigenvalue weighted by molar-refractivity contribution is 0.122. The molecule has 0 atom stereocenters. The zero-order chi connectivity index (χ0) is 18.4. The number of anilines is 1. The van der Waals surface area contributed by atoms with E-state index in [0.717, 1.165) is 31.8 Å². The Labute approximate surface area is 157 Å². The molecular formula is C19H27N5O3. The summed E-state index contributed by atoms with van der Waals surface area (Å²) in [7, 11) is 0. The Morgan fingerprint density at radius 1 is 0.963 bits per heavy atom. The highest BCUT2D eigenvalue weighted by Crippen LogP contribution is 2.33. The molecule has 3 aliphatic rings. The monoisotopic (exact) mass is 373 g/mol. The van der Waals surface area contributed by atoms with Crippen LogP contribution in [0.3, 0.4) is 0 Å². The van der Waals surface area contributed by atoms with Gasteiger partial charge in [-0.1, -0.05) is 25.7 Å². The van der Waals surface area contributed by atoms with Crippen molar-refractivity contribution in [1.29, 1.82) is 0 Å². The molecule has 0 bridgehead atoms. The summed E-state index contributed by atoms with van der Waals surface area (Å²) in [6.45, 7) is 3.92. The first-order valence-electron chi connectivity index (χ1n) is 10.3. The van der Waals surface area contributed by atoms with E-state index in [2.05, 4.69) is 14.9 Å². The smallest absolute Gasteiger partial charge is 0.332 e. The van der Waals surface area contributed by atoms with Gasteiger partial charge in [0.25, 0.3) is 5.56 Å². The highest BCUT2D eigenvalue weighted by Gasteiger charge is 2.26. The fourth-order valence-corrected chi connectivity index (χ4v) is 3.91. The number of hydrogen-bond acceptors (Lipinski definition) is 5. The van der Waals surface area contributed by atoms with Crippen LogP contribution in [0.4, 0.5) is 5.95 Å². The van der Waals surface area contributed by atoms with Crippen LogP contribution in [-0.4, -0.2) is 45.4 Å². The van der Waals surface area contributed by atoms with Crippen LogP contribution < -0.4 is 16.1 Å². The van der Waals surface area contributed by atoms with E-state index in [0.29, 0.717) is 49.3 Å². The van der Waals surface area contributed by atoms with E-state index < -0.39 is 0 Å². The average molecular weight is 373 g/mol. The van der Waals surface area contributed by atoms with Gasteiger partial charge in [-0.3, -0.25) is 13.9 Å². The number of aryl methyl sites for hydroxylation is 1. The number of hydrogen-bond donors (Lipinski definition) is 1. The van der Waals surface area contributed by atoms with E-state index in [1.807, 2.05) is 0 Å². The summed E-state index contributed by atoms with van der Waals surface area (Å²) in [4.78, 5) is 36.1. The first-order valence-corrected chi connectivity index (χ1v) is 10.3. The topological polar surface area (TPSA) is 85.2 Å². The van der Waals surface area contributed by atoms with E-state index in [-0.39, 0.29) is 11.2 Å². The van der Waals surface area contributed by atoms with Gasteiger partial charge in [-0.05, 0) is 24.7 Å². The Bertz CT molecular complexity index is 945. The molecule has 5 rings (SSSR count). The SMILES string of the molecule is O=c1c2[nH]c(N3CCOCC3)nc2n(CCC2CC2)c(=O)n1CCC1CC1. The van der Waals surface area contributed by atoms with Crippen molar-refractivity contribution in [3.05, 3.63) is 20.8 Å². The van der Waals surface area contributed by atoms with Gasteiger partial charge in [0.2, 0.25) is 5.95 Å². The Kier molecular flexibility index (Phi) is 4.30. The van der Waals surface area contributed by atoms with Crippen LogP contribution in [0.25, 0.3) is 11.2 Å². The zero-order valence-electron chi connectivity index (χ0n) is 15.7. The van der Waals surface area contributed by atoms with Gasteiger partial charge in [-0.2, -0.15) is 4.98 Å². The third-order valence-electron chi connectivity index (χ3n) is 6.08. The van der Waals surface area contributed by atoms with E-state index in [1.165, 1.54) is 30.3 Å². The van der Waals surface area contributed by atoms with Crippen LogP contribution in [-0.2, 0) is 17.8 Å². The zero-order valence-corrected chi connectivity index (χ0v) is 15.7. The fourth-order valence-electron chi connectivity index (χ4n) is 3.91. The molecule has 3 fully saturated rings. The molecule has 2 saturated carbocycles. The maximum absolute atomic E-state index is 13.1. The molecule has 8 heteroatoms. The number of imidazole rings is 1. The molecule has 0 spiro atoms. The number of rotatable bonds is 7. The first-order chi connectivity index (χ1) is 13.2. The summed E-state index contributed by atoms with van der Waals surface area (Å²) in [5.41, 5.74) is 0.539. The fraction of sp³-hybridized carbons (Fsp3) is 0.737. The van der Waals surface area contributed by atoms with Crippen molar-refractivity contribution in [1.82, 2.24) is 19.1 Å². The van der Waals surface area contributed by atoms with Gasteiger partial charge in [-0.15, -0.1) is 0 Å². The predicted molar refractivity (Wildman–Crippen MR) is 102 cm³/mol. The van der Waals surface area contributed by atoms with Gasteiger partial charge in [0.05, 0.1) is 13.2 Å². The minimum Gasteiger partial charge on any atom is -0.378 e. The van der Waals surface area contributed by atoms with E-state index in [4.69, 9.17) is 4.74 Å². The van der Waals surface area contributed by atoms with Crippen LogP contribution in [0.1, 0.15) is 38.5 Å². The van der Waals surface area contributed by atoms with Gasteiger partial charge >= 0.3 is 5.69 Å². The number of aromatic nitrogens is 4. The molecule has 2 aliphatic carbocycles. The van der Waals surface area contributed by atoms with Crippen molar-refractivity contribution in [3.63, 3.8) is 0 Å². The normalized spacial score (nSPS) is 20.5. The van der Waals surface area contributed by atoms with Crippen molar-refractivity contribution >= 4 is 17.1 Å². The highest BCUT2D eigenvalue weighted by molar-refractivity contribution is 5.73. The average Bonchev–Trinajstić information content (AvgIpc) is 3.61. The molecule has 1 aliphatic heterocycles. The number of nitrogens with one attached hydrogen (secondary N) is 1. The molecule has 2 aromatic rings. The molecule has 0 aromatic carbocycles. The summed E-state index contributed by atoms with van der Waals surface area (Å²) in [6, 6.07) is 0. The third kappa shape index (κ3) is 3.42. The third-order valence-corrected chi connectivity index (χ3v) is 6.08. The summed E-state index contributed by atoms with van der Waals surface area (Å²) in [5, 5.41) is 0. The molecule has 0 radical (unpaired) electrons. The van der Waals surface area contributed by atoms with Gasteiger partial charge < -0.3 is 14.6 Å². The standard InChI is InChI=1S/C19H27N5O3/c25-17-15-16(21-18(20-15)22-9-11-27-12-10-22)23(7-5-13-1-2-13)19(26)24(17)8-6-14-3-4-14/h13-14H,1-12H2,(H,20,21). The number of fused-ring (bicyclic) bond motifs is 1. The summed E-state index contributed by atoms with van der Waals surface area (Å²) in [6.07, 6.45) is 6.83. The Hall–Kier alpha value is -2.09. The Balaban J connectivity index is 1.56. The minimum atomic E-state index is -0.231. The number of morpholine rings is 1. The molecule has 27 heavy (non-hydrogen) atoms. The lowest BCUT2D eigenvalue weighted by Crippen LogP contribution is -2.40. The lowest BCUT2D eigenvalue weighted by Gasteiger charge is -2.25. The van der Waals surface area contributed by atoms with Crippen LogP contribution in [0.5, 0.6) is 0 Å². The van der Waals surface area contributed by atoms with Crippen LogP contribution >= 0.6 is 0 Å². The minimum absolute atomic E-state index is 0.200. The second-order valence-electron chi connectivity index (χ2n) is 8.21. The van der Waals surface area contributed by atoms with Gasteiger partial charge in [0.1, 0.15) is 0 Å². The lowest BCUT2D eigenvalue weighted by atomic mass is 10.3. The molecule has 8 nitrogen and oxygen atoms in total. The highest BCUT2D eigenvalue weighted by atomic mass is 16.5. The quantitative estimate of drug-likeness (QED) is 0.791. The predicted octanol–water partition coefficient (Wildman–Crippen LogP) is 1.32. The van der Waals surface area contributed by atoms with Crippen molar-refractivity contribution in [3.8, 4) is 0 Å². The second kappa shape index (κ2) is 6.82. The van der Waals surface area contributed by atoms with Crippen molar-refractivity contribution in [2.45, 2.75) is 51.6 Å². The number of nitrogens with zero attached hydrogens (tertiary/aromatic N) is 4. The van der Waals surface area contributed by atoms with Crippen LogP contribution in [0.2, 0.25) is 0 Å².